The quantitative estimate of drug-likeness (QED) is 0.857. The molecule has 0 saturated carbocycles. The van der Waals surface area contributed by atoms with Crippen molar-refractivity contribution < 1.29 is 4.79 Å². The molecule has 0 radical (unpaired) electrons. The second kappa shape index (κ2) is 6.10. The topological polar surface area (TPSA) is 32.3 Å². The highest BCUT2D eigenvalue weighted by Gasteiger charge is 2.05. The Morgan fingerprint density at radius 2 is 2.27 bits per heavy atom. The zero-order valence-electron chi connectivity index (χ0n) is 8.92. The van der Waals surface area contributed by atoms with Gasteiger partial charge in [0, 0.05) is 18.0 Å². The number of amides is 1. The summed E-state index contributed by atoms with van der Waals surface area (Å²) in [6.45, 7) is 1.54. The molecule has 0 spiro atoms. The summed E-state index contributed by atoms with van der Waals surface area (Å²) in [5.74, 6) is 0.0513. The number of thiophene rings is 1. The van der Waals surface area contributed by atoms with Gasteiger partial charge >= 0.3 is 0 Å². The summed E-state index contributed by atoms with van der Waals surface area (Å²) < 4.78 is 0.728. The fraction of sp³-hybridized carbons (Fsp3) is 0.500. The fourth-order valence-corrected chi connectivity index (χ4v) is 2.17. The van der Waals surface area contributed by atoms with Crippen LogP contribution in [0, 0.1) is 0 Å². The van der Waals surface area contributed by atoms with E-state index < -0.39 is 0 Å². The van der Waals surface area contributed by atoms with Crippen LogP contribution in [0.2, 0.25) is 4.34 Å². The minimum absolute atomic E-state index is 0.0513. The Balaban J connectivity index is 2.24. The first-order valence-electron chi connectivity index (χ1n) is 4.73. The lowest BCUT2D eigenvalue weighted by Crippen LogP contribution is -2.32. The van der Waals surface area contributed by atoms with E-state index in [9.17, 15) is 4.79 Å². The van der Waals surface area contributed by atoms with Crippen LogP contribution in [0.4, 0.5) is 0 Å². The Morgan fingerprint density at radius 1 is 1.53 bits per heavy atom. The Bertz CT molecular complexity index is 325. The van der Waals surface area contributed by atoms with Crippen molar-refractivity contribution in [1.29, 1.82) is 0 Å². The maximum Gasteiger partial charge on any atom is 0.225 e. The standard InChI is InChI=1S/C10H15ClN2OS/c1-13(2)6-5-12-10(14)7-8-3-4-9(11)15-8/h3-4H,5-7H2,1-2H3,(H,12,14). The molecule has 5 heteroatoms. The second-order valence-corrected chi connectivity index (χ2v) is 5.34. The van der Waals surface area contributed by atoms with Crippen LogP contribution in [0.5, 0.6) is 0 Å². The van der Waals surface area contributed by atoms with Crippen LogP contribution in [0.15, 0.2) is 12.1 Å². The van der Waals surface area contributed by atoms with Gasteiger partial charge in [0.05, 0.1) is 10.8 Å². The summed E-state index contributed by atoms with van der Waals surface area (Å²) >= 11 is 7.22. The number of nitrogens with zero attached hydrogens (tertiary/aromatic N) is 1. The van der Waals surface area contributed by atoms with Gasteiger partial charge < -0.3 is 10.2 Å². The molecule has 1 amide bonds. The molecule has 1 heterocycles. The van der Waals surface area contributed by atoms with Gasteiger partial charge in [0.15, 0.2) is 0 Å². The highest BCUT2D eigenvalue weighted by molar-refractivity contribution is 7.16. The van der Waals surface area contributed by atoms with E-state index in [1.165, 1.54) is 11.3 Å². The molecule has 1 aromatic heterocycles. The Hall–Kier alpha value is -0.580. The second-order valence-electron chi connectivity index (χ2n) is 3.54. The van der Waals surface area contributed by atoms with Gasteiger partial charge in [0.2, 0.25) is 5.91 Å². The maximum atomic E-state index is 11.4. The van der Waals surface area contributed by atoms with Crippen molar-refractivity contribution in [2.45, 2.75) is 6.42 Å². The zero-order valence-corrected chi connectivity index (χ0v) is 10.5. The lowest BCUT2D eigenvalue weighted by Gasteiger charge is -2.09. The van der Waals surface area contributed by atoms with Crippen molar-refractivity contribution in [2.75, 3.05) is 27.2 Å². The van der Waals surface area contributed by atoms with Crippen LogP contribution in [0.3, 0.4) is 0 Å². The van der Waals surface area contributed by atoms with Gasteiger partial charge in [-0.25, -0.2) is 0 Å². The molecule has 3 nitrogen and oxygen atoms in total. The number of hydrogen-bond acceptors (Lipinski definition) is 3. The molecule has 1 N–H and O–H groups in total. The average Bonchev–Trinajstić information content (AvgIpc) is 2.50. The Kier molecular flexibility index (Phi) is 5.08. The molecule has 0 aliphatic rings. The number of likely N-dealkylation sites (N-methyl/N-ethyl adjacent to an activating group) is 1. The predicted octanol–water partition coefficient (Wildman–Crippen LogP) is 1.62. The number of hydrogen-bond donors (Lipinski definition) is 1. The SMILES string of the molecule is CN(C)CCNC(=O)Cc1ccc(Cl)s1. The van der Waals surface area contributed by atoms with Gasteiger partial charge in [-0.15, -0.1) is 11.3 Å². The van der Waals surface area contributed by atoms with E-state index in [2.05, 4.69) is 5.32 Å². The van der Waals surface area contributed by atoms with Crippen molar-refractivity contribution in [1.82, 2.24) is 10.2 Å². The first-order valence-corrected chi connectivity index (χ1v) is 5.93. The van der Waals surface area contributed by atoms with E-state index in [1.54, 1.807) is 0 Å². The summed E-state index contributed by atoms with van der Waals surface area (Å²) in [4.78, 5) is 14.5. The summed E-state index contributed by atoms with van der Waals surface area (Å²) in [7, 11) is 3.95. The number of halogens is 1. The van der Waals surface area contributed by atoms with E-state index in [4.69, 9.17) is 11.6 Å². The number of nitrogens with one attached hydrogen (secondary N) is 1. The monoisotopic (exact) mass is 246 g/mol. The third-order valence-electron chi connectivity index (χ3n) is 1.84. The summed E-state index contributed by atoms with van der Waals surface area (Å²) in [5.41, 5.74) is 0. The molecule has 1 rings (SSSR count). The minimum Gasteiger partial charge on any atom is -0.355 e. The normalized spacial score (nSPS) is 10.7. The van der Waals surface area contributed by atoms with E-state index in [1.807, 2.05) is 31.1 Å². The third-order valence-corrected chi connectivity index (χ3v) is 3.08. The average molecular weight is 247 g/mol. The molecule has 0 atom stereocenters. The highest BCUT2D eigenvalue weighted by atomic mass is 35.5. The summed E-state index contributed by atoms with van der Waals surface area (Å²) in [6, 6.07) is 3.70. The summed E-state index contributed by atoms with van der Waals surface area (Å²) in [5, 5.41) is 2.85. The van der Waals surface area contributed by atoms with Gasteiger partial charge in [0.25, 0.3) is 0 Å². The largest absolute Gasteiger partial charge is 0.355 e. The highest BCUT2D eigenvalue weighted by Crippen LogP contribution is 2.21. The first-order chi connectivity index (χ1) is 7.08. The minimum atomic E-state index is 0.0513. The van der Waals surface area contributed by atoms with Crippen LogP contribution >= 0.6 is 22.9 Å². The van der Waals surface area contributed by atoms with Gasteiger partial charge in [-0.2, -0.15) is 0 Å². The predicted molar refractivity (Wildman–Crippen MR) is 64.6 cm³/mol. The molecular weight excluding hydrogens is 232 g/mol. The third kappa shape index (κ3) is 5.16. The molecule has 0 fully saturated rings. The number of carbonyl (C=O) groups excluding carboxylic acids is 1. The molecule has 0 aliphatic heterocycles. The van der Waals surface area contributed by atoms with Crippen molar-refractivity contribution in [3.05, 3.63) is 21.3 Å². The van der Waals surface area contributed by atoms with Crippen LogP contribution in [-0.2, 0) is 11.2 Å². The van der Waals surface area contributed by atoms with Crippen LogP contribution in [0.1, 0.15) is 4.88 Å². The van der Waals surface area contributed by atoms with Gasteiger partial charge in [0.1, 0.15) is 0 Å². The first kappa shape index (κ1) is 12.5. The van der Waals surface area contributed by atoms with Crippen molar-refractivity contribution in [2.24, 2.45) is 0 Å². The molecular formula is C10H15ClN2OS. The van der Waals surface area contributed by atoms with E-state index in [0.717, 1.165) is 15.8 Å². The van der Waals surface area contributed by atoms with Crippen molar-refractivity contribution in [3.8, 4) is 0 Å². The van der Waals surface area contributed by atoms with Crippen LogP contribution < -0.4 is 5.32 Å². The zero-order chi connectivity index (χ0) is 11.3. The molecule has 15 heavy (non-hydrogen) atoms. The molecule has 0 bridgehead atoms. The smallest absolute Gasteiger partial charge is 0.225 e. The van der Waals surface area contributed by atoms with E-state index >= 15 is 0 Å². The van der Waals surface area contributed by atoms with Crippen molar-refractivity contribution >= 4 is 28.8 Å². The maximum absolute atomic E-state index is 11.4. The molecule has 0 aromatic carbocycles. The molecule has 84 valence electrons. The van der Waals surface area contributed by atoms with Crippen molar-refractivity contribution in [3.63, 3.8) is 0 Å². The fourth-order valence-electron chi connectivity index (χ4n) is 1.09. The van der Waals surface area contributed by atoms with Gasteiger partial charge in [-0.1, -0.05) is 11.6 Å². The molecule has 1 aromatic rings. The molecule has 0 unspecified atom stereocenters. The van der Waals surface area contributed by atoms with E-state index in [-0.39, 0.29) is 5.91 Å². The lowest BCUT2D eigenvalue weighted by molar-refractivity contribution is -0.120. The van der Waals surface area contributed by atoms with Crippen LogP contribution in [-0.4, -0.2) is 38.0 Å². The number of carbonyl (C=O) groups is 1. The Morgan fingerprint density at radius 3 is 2.80 bits per heavy atom. The van der Waals surface area contributed by atoms with Gasteiger partial charge in [-0.05, 0) is 26.2 Å². The Labute approximate surface area is 99.0 Å². The lowest BCUT2D eigenvalue weighted by atomic mass is 10.3. The van der Waals surface area contributed by atoms with E-state index in [0.29, 0.717) is 13.0 Å². The molecule has 0 saturated heterocycles. The molecule has 0 aliphatic carbocycles. The van der Waals surface area contributed by atoms with Crippen LogP contribution in [0.25, 0.3) is 0 Å². The number of rotatable bonds is 5. The summed E-state index contributed by atoms with van der Waals surface area (Å²) in [6.07, 6.45) is 0.421. The van der Waals surface area contributed by atoms with Gasteiger partial charge in [-0.3, -0.25) is 4.79 Å².